The van der Waals surface area contributed by atoms with Gasteiger partial charge in [0.1, 0.15) is 5.76 Å². The number of nitrogens with one attached hydrogen (secondary N) is 1. The highest BCUT2D eigenvalue weighted by Gasteiger charge is 2.32. The van der Waals surface area contributed by atoms with Crippen LogP contribution in [0.15, 0.2) is 29.0 Å². The molecule has 0 spiro atoms. The van der Waals surface area contributed by atoms with Crippen LogP contribution < -0.4 is 5.32 Å². The number of furan rings is 1. The third-order valence-corrected chi connectivity index (χ3v) is 4.17. The maximum atomic E-state index is 12.2. The zero-order chi connectivity index (χ0) is 15.1. The van der Waals surface area contributed by atoms with E-state index in [1.807, 2.05) is 12.1 Å². The number of hydrogen-bond acceptors (Lipinski definition) is 5. The van der Waals surface area contributed by atoms with Gasteiger partial charge < -0.3 is 4.42 Å². The van der Waals surface area contributed by atoms with Crippen molar-refractivity contribution in [3.63, 3.8) is 0 Å². The Morgan fingerprint density at radius 2 is 2.18 bits per heavy atom. The summed E-state index contributed by atoms with van der Waals surface area (Å²) in [6, 6.07) is 3.69. The lowest BCUT2D eigenvalue weighted by atomic mass is 9.85. The molecule has 2 aliphatic carbocycles. The molecule has 4 rings (SSSR count). The van der Waals surface area contributed by atoms with E-state index in [9.17, 15) is 9.59 Å². The molecular formula is C16H15N3O3. The van der Waals surface area contributed by atoms with Crippen LogP contribution in [-0.4, -0.2) is 21.7 Å². The average Bonchev–Trinajstić information content (AvgIpc) is 3.22. The van der Waals surface area contributed by atoms with Gasteiger partial charge in [0, 0.05) is 30.9 Å². The van der Waals surface area contributed by atoms with Crippen LogP contribution in [0, 0.1) is 5.92 Å². The Balaban J connectivity index is 1.59. The molecule has 1 fully saturated rings. The average molecular weight is 297 g/mol. The number of ketones is 1. The minimum Gasteiger partial charge on any atom is -0.469 e. The molecule has 0 saturated heterocycles. The summed E-state index contributed by atoms with van der Waals surface area (Å²) in [4.78, 5) is 32.5. The van der Waals surface area contributed by atoms with E-state index in [4.69, 9.17) is 4.42 Å². The molecule has 112 valence electrons. The highest BCUT2D eigenvalue weighted by atomic mass is 16.3. The lowest BCUT2D eigenvalue weighted by Crippen LogP contribution is -2.22. The Morgan fingerprint density at radius 1 is 1.32 bits per heavy atom. The van der Waals surface area contributed by atoms with Crippen LogP contribution in [0.1, 0.15) is 47.0 Å². The van der Waals surface area contributed by atoms with E-state index in [-0.39, 0.29) is 29.5 Å². The largest absolute Gasteiger partial charge is 0.469 e. The van der Waals surface area contributed by atoms with E-state index in [0.717, 1.165) is 18.6 Å². The predicted molar refractivity (Wildman–Crippen MR) is 77.5 cm³/mol. The number of nitrogens with zero attached hydrogens (tertiary/aromatic N) is 2. The molecule has 0 aliphatic heterocycles. The zero-order valence-corrected chi connectivity index (χ0v) is 11.9. The first kappa shape index (κ1) is 13.2. The number of hydrogen-bond donors (Lipinski definition) is 1. The summed E-state index contributed by atoms with van der Waals surface area (Å²) in [7, 11) is 0. The summed E-state index contributed by atoms with van der Waals surface area (Å²) in [5.74, 6) is 1.14. The number of fused-ring (bicyclic) bond motifs is 1. The molecule has 2 aliphatic rings. The predicted octanol–water partition coefficient (Wildman–Crippen LogP) is 2.33. The highest BCUT2D eigenvalue weighted by Crippen LogP contribution is 2.33. The quantitative estimate of drug-likeness (QED) is 0.939. The maximum Gasteiger partial charge on any atom is 0.229 e. The van der Waals surface area contributed by atoms with Crippen molar-refractivity contribution in [2.75, 3.05) is 5.32 Å². The molecule has 1 saturated carbocycles. The first-order valence-electron chi connectivity index (χ1n) is 7.44. The summed E-state index contributed by atoms with van der Waals surface area (Å²) in [6.07, 6.45) is 5.99. The van der Waals surface area contributed by atoms with Gasteiger partial charge in [0.15, 0.2) is 5.78 Å². The van der Waals surface area contributed by atoms with Crippen LogP contribution in [0.25, 0.3) is 0 Å². The molecule has 1 atom stereocenters. The first-order valence-corrected chi connectivity index (χ1v) is 7.44. The van der Waals surface area contributed by atoms with Gasteiger partial charge >= 0.3 is 0 Å². The highest BCUT2D eigenvalue weighted by molar-refractivity contribution is 5.99. The second kappa shape index (κ2) is 5.05. The summed E-state index contributed by atoms with van der Waals surface area (Å²) in [5.41, 5.74) is 1.23. The topological polar surface area (TPSA) is 85.1 Å². The third kappa shape index (κ3) is 2.41. The van der Waals surface area contributed by atoms with Gasteiger partial charge in [0.05, 0.1) is 17.5 Å². The minimum absolute atomic E-state index is 0.00289. The van der Waals surface area contributed by atoms with Crippen molar-refractivity contribution >= 4 is 17.6 Å². The van der Waals surface area contributed by atoms with Gasteiger partial charge in [-0.25, -0.2) is 9.97 Å². The molecule has 6 heteroatoms. The van der Waals surface area contributed by atoms with E-state index in [1.165, 1.54) is 6.20 Å². The Labute approximate surface area is 127 Å². The smallest absolute Gasteiger partial charge is 0.229 e. The van der Waals surface area contributed by atoms with Crippen LogP contribution in [-0.2, 0) is 11.2 Å². The van der Waals surface area contributed by atoms with Gasteiger partial charge in [0.2, 0.25) is 11.9 Å². The van der Waals surface area contributed by atoms with Gasteiger partial charge in [-0.3, -0.25) is 14.9 Å². The van der Waals surface area contributed by atoms with Crippen molar-refractivity contribution in [2.24, 2.45) is 5.92 Å². The van der Waals surface area contributed by atoms with Gasteiger partial charge in [-0.2, -0.15) is 0 Å². The summed E-state index contributed by atoms with van der Waals surface area (Å²) in [6.45, 7) is 0. The van der Waals surface area contributed by atoms with Crippen LogP contribution >= 0.6 is 0 Å². The number of anilines is 1. The number of aromatic nitrogens is 2. The van der Waals surface area contributed by atoms with Crippen molar-refractivity contribution in [3.8, 4) is 0 Å². The normalized spacial score (nSPS) is 20.5. The van der Waals surface area contributed by atoms with Crippen LogP contribution in [0.3, 0.4) is 0 Å². The molecule has 1 amide bonds. The first-order chi connectivity index (χ1) is 10.7. The number of amides is 1. The fourth-order valence-electron chi connectivity index (χ4n) is 2.79. The Hall–Kier alpha value is -2.50. The van der Waals surface area contributed by atoms with E-state index in [0.29, 0.717) is 24.1 Å². The molecular weight excluding hydrogens is 282 g/mol. The Bertz CT molecular complexity index is 735. The van der Waals surface area contributed by atoms with Gasteiger partial charge in [-0.15, -0.1) is 0 Å². The van der Waals surface area contributed by atoms with Crippen molar-refractivity contribution < 1.29 is 14.0 Å². The SMILES string of the molecule is O=C1C[C@@H](c2ccco2)Cc2nc(NC(=O)C3CC3)ncc21. The summed E-state index contributed by atoms with van der Waals surface area (Å²) >= 11 is 0. The standard InChI is InChI=1S/C16H15N3O3/c20-13-7-10(14-2-1-5-22-14)6-12-11(13)8-17-16(18-12)19-15(21)9-3-4-9/h1-2,5,8-10H,3-4,6-7H2,(H,17,18,19,21)/t10-/m0/s1. The number of carbonyl (C=O) groups is 2. The lowest BCUT2D eigenvalue weighted by Gasteiger charge is -2.21. The van der Waals surface area contributed by atoms with Crippen LogP contribution in [0.2, 0.25) is 0 Å². The monoisotopic (exact) mass is 297 g/mol. The Morgan fingerprint density at radius 3 is 2.91 bits per heavy atom. The van der Waals surface area contributed by atoms with E-state index >= 15 is 0 Å². The molecule has 0 bridgehead atoms. The van der Waals surface area contributed by atoms with Crippen molar-refractivity contribution in [1.82, 2.24) is 9.97 Å². The van der Waals surface area contributed by atoms with Crippen LogP contribution in [0.4, 0.5) is 5.95 Å². The number of rotatable bonds is 3. The van der Waals surface area contributed by atoms with Gasteiger partial charge in [-0.1, -0.05) is 0 Å². The molecule has 0 radical (unpaired) electrons. The zero-order valence-electron chi connectivity index (χ0n) is 11.9. The van der Waals surface area contributed by atoms with Gasteiger partial charge in [0.25, 0.3) is 0 Å². The minimum atomic E-state index is -0.0373. The fraction of sp³-hybridized carbons (Fsp3) is 0.375. The van der Waals surface area contributed by atoms with Gasteiger partial charge in [-0.05, 0) is 25.0 Å². The second-order valence-electron chi connectivity index (χ2n) is 5.86. The van der Waals surface area contributed by atoms with E-state index in [2.05, 4.69) is 15.3 Å². The molecule has 2 aromatic heterocycles. The Kier molecular flexibility index (Phi) is 3.03. The number of carbonyl (C=O) groups excluding carboxylic acids is 2. The van der Waals surface area contributed by atoms with E-state index < -0.39 is 0 Å². The summed E-state index contributed by atoms with van der Waals surface area (Å²) in [5, 5.41) is 2.72. The number of Topliss-reactive ketones (excluding diaryl/α,β-unsaturated/α-hetero) is 1. The molecule has 6 nitrogen and oxygen atoms in total. The van der Waals surface area contributed by atoms with Crippen molar-refractivity contribution in [1.29, 1.82) is 0 Å². The lowest BCUT2D eigenvalue weighted by molar-refractivity contribution is -0.117. The van der Waals surface area contributed by atoms with E-state index in [1.54, 1.807) is 6.26 Å². The molecule has 22 heavy (non-hydrogen) atoms. The fourth-order valence-corrected chi connectivity index (χ4v) is 2.79. The molecule has 0 unspecified atom stereocenters. The summed E-state index contributed by atoms with van der Waals surface area (Å²) < 4.78 is 5.41. The van der Waals surface area contributed by atoms with Crippen LogP contribution in [0.5, 0.6) is 0 Å². The third-order valence-electron chi connectivity index (χ3n) is 4.17. The maximum absolute atomic E-state index is 12.2. The van der Waals surface area contributed by atoms with Crippen molar-refractivity contribution in [2.45, 2.75) is 31.6 Å². The molecule has 2 aromatic rings. The second-order valence-corrected chi connectivity index (χ2v) is 5.86. The molecule has 0 aromatic carbocycles. The van der Waals surface area contributed by atoms with Crippen molar-refractivity contribution in [3.05, 3.63) is 41.6 Å². The molecule has 1 N–H and O–H groups in total. The molecule has 2 heterocycles.